The molecule has 0 spiro atoms. The van der Waals surface area contributed by atoms with Gasteiger partial charge in [-0.2, -0.15) is 16.9 Å². The highest BCUT2D eigenvalue weighted by Gasteiger charge is 2.25. The minimum absolute atomic E-state index is 0.0612. The lowest BCUT2D eigenvalue weighted by Crippen LogP contribution is -2.16. The number of nitrogens with zero attached hydrogens (tertiary/aromatic N) is 2. The van der Waals surface area contributed by atoms with E-state index >= 15 is 0 Å². The molecule has 0 aliphatic carbocycles. The average molecular weight is 408 g/mol. The van der Waals surface area contributed by atoms with Crippen LogP contribution in [-0.4, -0.2) is 15.7 Å². The molecule has 3 aromatic rings. The summed E-state index contributed by atoms with van der Waals surface area (Å²) >= 11 is 13.7. The highest BCUT2D eigenvalue weighted by atomic mass is 35.5. The molecule has 1 amide bonds. The summed E-state index contributed by atoms with van der Waals surface area (Å²) in [5.74, 6) is 1.24. The molecule has 4 nitrogen and oxygen atoms in total. The van der Waals surface area contributed by atoms with Crippen LogP contribution in [0.1, 0.15) is 21.6 Å². The average Bonchev–Trinajstić information content (AvgIpc) is 3.18. The van der Waals surface area contributed by atoms with Gasteiger partial charge in [-0.25, -0.2) is 9.07 Å². The number of carbonyl (C=O) groups is 1. The fraction of sp³-hybridized carbons (Fsp3) is 0.111. The Balaban J connectivity index is 1.73. The Bertz CT molecular complexity index is 1000. The van der Waals surface area contributed by atoms with Crippen LogP contribution in [0.25, 0.3) is 5.69 Å². The van der Waals surface area contributed by atoms with Crippen LogP contribution >= 0.6 is 35.0 Å². The van der Waals surface area contributed by atoms with Crippen molar-refractivity contribution in [2.24, 2.45) is 0 Å². The minimum atomic E-state index is -0.491. The van der Waals surface area contributed by atoms with Crippen LogP contribution in [0, 0.1) is 5.82 Å². The van der Waals surface area contributed by atoms with Crippen LogP contribution in [-0.2, 0) is 11.5 Å². The highest BCUT2D eigenvalue weighted by Crippen LogP contribution is 2.36. The van der Waals surface area contributed by atoms with Crippen LogP contribution in [0.15, 0.2) is 42.5 Å². The molecule has 8 heteroatoms. The van der Waals surface area contributed by atoms with Gasteiger partial charge in [-0.3, -0.25) is 4.79 Å². The molecule has 4 rings (SSSR count). The van der Waals surface area contributed by atoms with Crippen molar-refractivity contribution in [2.75, 3.05) is 5.32 Å². The molecule has 26 heavy (non-hydrogen) atoms. The van der Waals surface area contributed by atoms with Crippen LogP contribution in [0.2, 0.25) is 10.0 Å². The van der Waals surface area contributed by atoms with Gasteiger partial charge in [0, 0.05) is 22.1 Å². The van der Waals surface area contributed by atoms with Crippen molar-refractivity contribution in [1.29, 1.82) is 0 Å². The second-order valence-corrected chi connectivity index (χ2v) is 7.56. The summed E-state index contributed by atoms with van der Waals surface area (Å²) in [4.78, 5) is 12.7. The van der Waals surface area contributed by atoms with Crippen molar-refractivity contribution >= 4 is 46.7 Å². The minimum Gasteiger partial charge on any atom is -0.306 e. The van der Waals surface area contributed by atoms with Gasteiger partial charge in [-0.05, 0) is 42.5 Å². The summed E-state index contributed by atoms with van der Waals surface area (Å²) in [5.41, 5.74) is 2.91. The summed E-state index contributed by atoms with van der Waals surface area (Å²) in [5, 5.41) is 8.19. The molecule has 0 radical (unpaired) electrons. The number of hydrogen-bond donors (Lipinski definition) is 1. The lowest BCUT2D eigenvalue weighted by Gasteiger charge is -2.12. The molecular formula is C18H12Cl2FN3OS. The fourth-order valence-electron chi connectivity index (χ4n) is 2.76. The van der Waals surface area contributed by atoms with Gasteiger partial charge in [0.05, 0.1) is 22.0 Å². The van der Waals surface area contributed by atoms with Crippen molar-refractivity contribution in [1.82, 2.24) is 9.78 Å². The number of thioether (sulfide) groups is 1. The van der Waals surface area contributed by atoms with Gasteiger partial charge in [0.25, 0.3) is 5.91 Å². The number of nitrogens with one attached hydrogen (secondary N) is 1. The summed E-state index contributed by atoms with van der Waals surface area (Å²) in [6, 6.07) is 10.9. The molecule has 0 unspecified atom stereocenters. The van der Waals surface area contributed by atoms with Gasteiger partial charge in [0.15, 0.2) is 0 Å². The summed E-state index contributed by atoms with van der Waals surface area (Å²) in [6.07, 6.45) is 0. The molecule has 132 valence electrons. The van der Waals surface area contributed by atoms with Crippen molar-refractivity contribution < 1.29 is 9.18 Å². The van der Waals surface area contributed by atoms with E-state index in [9.17, 15) is 9.18 Å². The third-order valence-corrected chi connectivity index (χ3v) is 5.57. The second-order valence-electron chi connectivity index (χ2n) is 5.73. The van der Waals surface area contributed by atoms with Crippen molar-refractivity contribution in [3.05, 3.63) is 75.1 Å². The molecule has 1 aliphatic heterocycles. The molecule has 2 heterocycles. The number of benzene rings is 2. The van der Waals surface area contributed by atoms with E-state index < -0.39 is 11.7 Å². The molecule has 0 saturated heterocycles. The number of rotatable bonds is 3. The first-order valence-corrected chi connectivity index (χ1v) is 9.65. The summed E-state index contributed by atoms with van der Waals surface area (Å²) in [6.45, 7) is 0. The number of anilines is 1. The topological polar surface area (TPSA) is 46.9 Å². The zero-order valence-electron chi connectivity index (χ0n) is 13.3. The maximum atomic E-state index is 13.2. The Morgan fingerprint density at radius 2 is 1.92 bits per heavy atom. The number of halogens is 3. The molecule has 0 bridgehead atoms. The Morgan fingerprint density at radius 1 is 1.15 bits per heavy atom. The molecule has 0 fully saturated rings. The largest absolute Gasteiger partial charge is 0.306 e. The molecule has 0 atom stereocenters. The van der Waals surface area contributed by atoms with E-state index in [-0.39, 0.29) is 10.6 Å². The van der Waals surface area contributed by atoms with E-state index in [1.807, 2.05) is 12.1 Å². The van der Waals surface area contributed by atoms with Crippen LogP contribution < -0.4 is 5.32 Å². The Hall–Kier alpha value is -2.02. The van der Waals surface area contributed by atoms with Gasteiger partial charge in [0.1, 0.15) is 11.6 Å². The van der Waals surface area contributed by atoms with Gasteiger partial charge < -0.3 is 5.32 Å². The zero-order chi connectivity index (χ0) is 18.3. The predicted octanol–water partition coefficient (Wildman–Crippen LogP) is 5.32. The van der Waals surface area contributed by atoms with E-state index in [2.05, 4.69) is 10.4 Å². The van der Waals surface area contributed by atoms with Gasteiger partial charge in [0.2, 0.25) is 0 Å². The molecule has 0 saturated carbocycles. The Labute approximate surface area is 163 Å². The van der Waals surface area contributed by atoms with Gasteiger partial charge in [-0.15, -0.1) is 0 Å². The van der Waals surface area contributed by atoms with E-state index in [0.29, 0.717) is 10.8 Å². The molecule has 1 aliphatic rings. The van der Waals surface area contributed by atoms with E-state index in [0.717, 1.165) is 34.5 Å². The maximum Gasteiger partial charge on any atom is 0.258 e. The Morgan fingerprint density at radius 3 is 2.65 bits per heavy atom. The summed E-state index contributed by atoms with van der Waals surface area (Å²) in [7, 11) is 0. The lowest BCUT2D eigenvalue weighted by atomic mass is 10.2. The van der Waals surface area contributed by atoms with E-state index in [4.69, 9.17) is 23.2 Å². The van der Waals surface area contributed by atoms with E-state index in [1.165, 1.54) is 12.1 Å². The van der Waals surface area contributed by atoms with Crippen molar-refractivity contribution in [2.45, 2.75) is 11.5 Å². The summed E-state index contributed by atoms with van der Waals surface area (Å²) < 4.78 is 14.9. The second kappa shape index (κ2) is 6.95. The zero-order valence-corrected chi connectivity index (χ0v) is 15.6. The number of amides is 1. The Kier molecular flexibility index (Phi) is 4.65. The molecule has 1 aromatic heterocycles. The third-order valence-electron chi connectivity index (χ3n) is 4.03. The predicted molar refractivity (Wildman–Crippen MR) is 103 cm³/mol. The first kappa shape index (κ1) is 17.4. The van der Waals surface area contributed by atoms with Crippen molar-refractivity contribution in [3.8, 4) is 5.69 Å². The van der Waals surface area contributed by atoms with Crippen molar-refractivity contribution in [3.63, 3.8) is 0 Å². The molecule has 1 N–H and O–H groups in total. The first-order valence-electron chi connectivity index (χ1n) is 7.74. The smallest absolute Gasteiger partial charge is 0.258 e. The van der Waals surface area contributed by atoms with Crippen LogP contribution in [0.4, 0.5) is 10.2 Å². The monoisotopic (exact) mass is 407 g/mol. The number of hydrogen-bond acceptors (Lipinski definition) is 3. The lowest BCUT2D eigenvalue weighted by molar-refractivity contribution is 0.102. The quantitative estimate of drug-likeness (QED) is 0.638. The van der Waals surface area contributed by atoms with Gasteiger partial charge in [-0.1, -0.05) is 23.2 Å². The standard InChI is InChI=1S/C18H12Cl2FN3OS/c19-10-1-4-12(5-2-10)24-17(14-8-26-9-16(14)23-24)22-18(25)13-6-3-11(21)7-15(13)20/h1-7H,8-9H2,(H,22,25). The van der Waals surface area contributed by atoms with Gasteiger partial charge >= 0.3 is 0 Å². The number of carbonyl (C=O) groups excluding carboxylic acids is 1. The molecular weight excluding hydrogens is 396 g/mol. The SMILES string of the molecule is O=C(Nc1c2c(nn1-c1ccc(Cl)cc1)CSC2)c1ccc(F)cc1Cl. The highest BCUT2D eigenvalue weighted by molar-refractivity contribution is 7.98. The number of aromatic nitrogens is 2. The fourth-order valence-corrected chi connectivity index (χ4v) is 4.17. The maximum absolute atomic E-state index is 13.2. The van der Waals surface area contributed by atoms with E-state index in [1.54, 1.807) is 28.6 Å². The molecule has 2 aromatic carbocycles. The number of fused-ring (bicyclic) bond motifs is 1. The third kappa shape index (κ3) is 3.20. The first-order chi connectivity index (χ1) is 12.5. The van der Waals surface area contributed by atoms with Crippen LogP contribution in [0.5, 0.6) is 0 Å². The normalized spacial score (nSPS) is 12.9. The van der Waals surface area contributed by atoms with Crippen LogP contribution in [0.3, 0.4) is 0 Å².